The molecule has 0 saturated heterocycles. The fourth-order valence-electron chi connectivity index (χ4n) is 3.49. The number of amides is 1. The lowest BCUT2D eigenvalue weighted by Gasteiger charge is -2.27. The standard InChI is InChI=1S/C19H25N3O2/c1-14-10-11-20-22(14)18-9-4-3-8-17(18)21-19(23)13-15-6-5-7-16(12-15)24-2/h3-4,8-11,15-16H,5-7,12-13H2,1-2H3,(H,21,23). The van der Waals surface area contributed by atoms with Gasteiger partial charge < -0.3 is 10.1 Å². The topological polar surface area (TPSA) is 56.1 Å². The molecule has 1 heterocycles. The number of aryl methyl sites for hydroxylation is 1. The molecule has 2 atom stereocenters. The van der Waals surface area contributed by atoms with E-state index in [0.29, 0.717) is 18.4 Å². The summed E-state index contributed by atoms with van der Waals surface area (Å²) in [6.45, 7) is 2.00. The van der Waals surface area contributed by atoms with Crippen molar-refractivity contribution in [2.75, 3.05) is 12.4 Å². The summed E-state index contributed by atoms with van der Waals surface area (Å²) >= 11 is 0. The number of para-hydroxylation sites is 2. The van der Waals surface area contributed by atoms with Gasteiger partial charge >= 0.3 is 0 Å². The van der Waals surface area contributed by atoms with Crippen molar-refractivity contribution >= 4 is 11.6 Å². The molecular weight excluding hydrogens is 302 g/mol. The van der Waals surface area contributed by atoms with Gasteiger partial charge in [-0.25, -0.2) is 4.68 Å². The molecule has 3 rings (SSSR count). The number of carbonyl (C=O) groups excluding carboxylic acids is 1. The van der Waals surface area contributed by atoms with E-state index in [4.69, 9.17) is 4.74 Å². The zero-order valence-corrected chi connectivity index (χ0v) is 14.4. The Hall–Kier alpha value is -2.14. The summed E-state index contributed by atoms with van der Waals surface area (Å²) in [5, 5.41) is 7.41. The molecule has 0 radical (unpaired) electrons. The first-order chi connectivity index (χ1) is 11.7. The highest BCUT2D eigenvalue weighted by atomic mass is 16.5. The number of ether oxygens (including phenoxy) is 1. The van der Waals surface area contributed by atoms with Crippen molar-refractivity contribution in [1.29, 1.82) is 0 Å². The lowest BCUT2D eigenvalue weighted by atomic mass is 9.85. The maximum absolute atomic E-state index is 12.5. The van der Waals surface area contributed by atoms with Crippen LogP contribution in [0.1, 0.15) is 37.8 Å². The number of hydrogen-bond donors (Lipinski definition) is 1. The number of nitrogens with one attached hydrogen (secondary N) is 1. The van der Waals surface area contributed by atoms with Gasteiger partial charge in [0, 0.05) is 25.4 Å². The van der Waals surface area contributed by atoms with E-state index < -0.39 is 0 Å². The number of carbonyl (C=O) groups is 1. The van der Waals surface area contributed by atoms with Crippen molar-refractivity contribution in [3.8, 4) is 5.69 Å². The predicted molar refractivity (Wildman–Crippen MR) is 94.3 cm³/mol. The fraction of sp³-hybridized carbons (Fsp3) is 0.474. The summed E-state index contributed by atoms with van der Waals surface area (Å²) in [5.74, 6) is 0.469. The van der Waals surface area contributed by atoms with E-state index in [0.717, 1.165) is 42.8 Å². The molecular formula is C19H25N3O2. The minimum absolute atomic E-state index is 0.0639. The van der Waals surface area contributed by atoms with Gasteiger partial charge in [-0.3, -0.25) is 4.79 Å². The normalized spacial score (nSPS) is 20.8. The van der Waals surface area contributed by atoms with Crippen LogP contribution in [0, 0.1) is 12.8 Å². The Balaban J connectivity index is 1.68. The van der Waals surface area contributed by atoms with Crippen molar-refractivity contribution in [3.05, 3.63) is 42.2 Å². The van der Waals surface area contributed by atoms with Gasteiger partial charge in [-0.1, -0.05) is 18.6 Å². The van der Waals surface area contributed by atoms with Crippen molar-refractivity contribution < 1.29 is 9.53 Å². The summed E-state index contributed by atoms with van der Waals surface area (Å²) in [6.07, 6.45) is 6.94. The largest absolute Gasteiger partial charge is 0.381 e. The maximum Gasteiger partial charge on any atom is 0.224 e. The first kappa shape index (κ1) is 16.7. The van der Waals surface area contributed by atoms with Crippen molar-refractivity contribution in [1.82, 2.24) is 9.78 Å². The van der Waals surface area contributed by atoms with E-state index >= 15 is 0 Å². The molecule has 5 heteroatoms. The first-order valence-corrected chi connectivity index (χ1v) is 8.60. The van der Waals surface area contributed by atoms with Gasteiger partial charge in [0.15, 0.2) is 0 Å². The van der Waals surface area contributed by atoms with Crippen LogP contribution in [-0.2, 0) is 9.53 Å². The molecule has 0 spiro atoms. The highest BCUT2D eigenvalue weighted by Gasteiger charge is 2.24. The molecule has 128 valence electrons. The molecule has 1 aromatic carbocycles. The number of rotatable bonds is 5. The number of methoxy groups -OCH3 is 1. The smallest absolute Gasteiger partial charge is 0.224 e. The molecule has 0 bridgehead atoms. The zero-order chi connectivity index (χ0) is 16.9. The van der Waals surface area contributed by atoms with Crippen LogP contribution in [0.15, 0.2) is 36.5 Å². The van der Waals surface area contributed by atoms with Gasteiger partial charge in [0.05, 0.1) is 17.5 Å². The van der Waals surface area contributed by atoms with Crippen LogP contribution < -0.4 is 5.32 Å². The third-order valence-corrected chi connectivity index (χ3v) is 4.78. The van der Waals surface area contributed by atoms with E-state index in [1.54, 1.807) is 13.3 Å². The SMILES string of the molecule is COC1CCCC(CC(=O)Nc2ccccc2-n2nccc2C)C1. The predicted octanol–water partition coefficient (Wildman–Crippen LogP) is 3.71. The van der Waals surface area contributed by atoms with E-state index in [-0.39, 0.29) is 5.91 Å². The Morgan fingerprint density at radius 3 is 2.92 bits per heavy atom. The van der Waals surface area contributed by atoms with Gasteiger partial charge in [-0.15, -0.1) is 0 Å². The number of nitrogens with zero attached hydrogens (tertiary/aromatic N) is 2. The summed E-state index contributed by atoms with van der Waals surface area (Å²) in [6, 6.07) is 9.73. The highest BCUT2D eigenvalue weighted by molar-refractivity contribution is 5.93. The average Bonchev–Trinajstić information content (AvgIpc) is 3.01. The molecule has 0 aliphatic heterocycles. The molecule has 1 saturated carbocycles. The maximum atomic E-state index is 12.5. The van der Waals surface area contributed by atoms with Crippen molar-refractivity contribution in [2.24, 2.45) is 5.92 Å². The number of aromatic nitrogens is 2. The van der Waals surface area contributed by atoms with Gasteiger partial charge in [-0.2, -0.15) is 5.10 Å². The van der Waals surface area contributed by atoms with E-state index in [1.165, 1.54) is 0 Å². The molecule has 1 amide bonds. The molecule has 1 aliphatic rings. The Kier molecular flexibility index (Phi) is 5.30. The van der Waals surface area contributed by atoms with Gasteiger partial charge in [-0.05, 0) is 50.3 Å². The van der Waals surface area contributed by atoms with Gasteiger partial charge in [0.2, 0.25) is 5.91 Å². The summed E-state index contributed by atoms with van der Waals surface area (Å²) in [5.41, 5.74) is 2.73. The summed E-state index contributed by atoms with van der Waals surface area (Å²) in [7, 11) is 1.76. The third kappa shape index (κ3) is 3.85. The van der Waals surface area contributed by atoms with Crippen LogP contribution in [0.2, 0.25) is 0 Å². The Morgan fingerprint density at radius 1 is 1.33 bits per heavy atom. The molecule has 24 heavy (non-hydrogen) atoms. The van der Waals surface area contributed by atoms with Crippen LogP contribution in [-0.4, -0.2) is 28.9 Å². The average molecular weight is 327 g/mol. The first-order valence-electron chi connectivity index (χ1n) is 8.60. The molecule has 2 aromatic rings. The second kappa shape index (κ2) is 7.62. The van der Waals surface area contributed by atoms with E-state index in [2.05, 4.69) is 10.4 Å². The Labute approximate surface area is 143 Å². The van der Waals surface area contributed by atoms with E-state index in [9.17, 15) is 4.79 Å². The number of anilines is 1. The molecule has 1 N–H and O–H groups in total. The fourth-order valence-corrected chi connectivity index (χ4v) is 3.49. The number of hydrogen-bond acceptors (Lipinski definition) is 3. The molecule has 2 unspecified atom stereocenters. The zero-order valence-electron chi connectivity index (χ0n) is 14.4. The molecule has 1 aliphatic carbocycles. The van der Waals surface area contributed by atoms with Crippen molar-refractivity contribution in [2.45, 2.75) is 45.1 Å². The second-order valence-corrected chi connectivity index (χ2v) is 6.54. The van der Waals surface area contributed by atoms with Crippen LogP contribution in [0.5, 0.6) is 0 Å². The van der Waals surface area contributed by atoms with Crippen molar-refractivity contribution in [3.63, 3.8) is 0 Å². The Bertz CT molecular complexity index is 695. The third-order valence-electron chi connectivity index (χ3n) is 4.78. The summed E-state index contributed by atoms with van der Waals surface area (Å²) in [4.78, 5) is 12.5. The minimum Gasteiger partial charge on any atom is -0.381 e. The van der Waals surface area contributed by atoms with Gasteiger partial charge in [0.25, 0.3) is 0 Å². The van der Waals surface area contributed by atoms with Crippen LogP contribution in [0.3, 0.4) is 0 Å². The lowest BCUT2D eigenvalue weighted by molar-refractivity contribution is -0.117. The molecule has 5 nitrogen and oxygen atoms in total. The number of benzene rings is 1. The van der Waals surface area contributed by atoms with Crippen LogP contribution in [0.4, 0.5) is 5.69 Å². The monoisotopic (exact) mass is 327 g/mol. The molecule has 1 aromatic heterocycles. The highest BCUT2D eigenvalue weighted by Crippen LogP contribution is 2.29. The lowest BCUT2D eigenvalue weighted by Crippen LogP contribution is -2.25. The van der Waals surface area contributed by atoms with Crippen LogP contribution >= 0.6 is 0 Å². The van der Waals surface area contributed by atoms with Crippen LogP contribution in [0.25, 0.3) is 5.69 Å². The van der Waals surface area contributed by atoms with Gasteiger partial charge in [0.1, 0.15) is 0 Å². The minimum atomic E-state index is 0.0639. The quantitative estimate of drug-likeness (QED) is 0.910. The second-order valence-electron chi connectivity index (χ2n) is 6.54. The Morgan fingerprint density at radius 2 is 2.17 bits per heavy atom. The van der Waals surface area contributed by atoms with E-state index in [1.807, 2.05) is 41.9 Å². The molecule has 1 fully saturated rings. The summed E-state index contributed by atoms with van der Waals surface area (Å²) < 4.78 is 7.30.